The van der Waals surface area contributed by atoms with Crippen LogP contribution in [0.5, 0.6) is 0 Å². The van der Waals surface area contributed by atoms with Crippen molar-refractivity contribution in [3.63, 3.8) is 0 Å². The standard InChI is InChI=1S/C26H41O.Y/c1-27-26-17-11-21(12-18-26)6-5-20-7-13-24(14-8-20)25-15-9-23(10-16-25)19-22-3-2-4-22;/h11,20-26H,2-4,7-10,12-19H2,1H3;/q-1;. The van der Waals surface area contributed by atoms with Crippen LogP contribution in [-0.4, -0.2) is 13.2 Å². The zero-order valence-corrected chi connectivity index (χ0v) is 21.0. The molecule has 0 aromatic carbocycles. The van der Waals surface area contributed by atoms with E-state index in [2.05, 4.69) is 18.3 Å². The van der Waals surface area contributed by atoms with E-state index in [1.165, 1.54) is 70.6 Å². The quantitative estimate of drug-likeness (QED) is 0.332. The topological polar surface area (TPSA) is 9.23 Å². The van der Waals surface area contributed by atoms with Gasteiger partial charge in [0.05, 0.1) is 0 Å². The van der Waals surface area contributed by atoms with Crippen LogP contribution >= 0.6 is 0 Å². The van der Waals surface area contributed by atoms with Crippen LogP contribution < -0.4 is 0 Å². The number of ether oxygens (including phenoxy) is 1. The molecule has 4 fully saturated rings. The summed E-state index contributed by atoms with van der Waals surface area (Å²) in [4.78, 5) is 0. The van der Waals surface area contributed by atoms with E-state index in [9.17, 15) is 0 Å². The van der Waals surface area contributed by atoms with E-state index in [1.807, 2.05) is 7.11 Å². The van der Waals surface area contributed by atoms with Crippen molar-refractivity contribution >= 4 is 0 Å². The normalized spacial score (nSPS) is 39.2. The molecule has 0 N–H and O–H groups in total. The third kappa shape index (κ3) is 6.56. The van der Waals surface area contributed by atoms with Crippen molar-refractivity contribution in [2.45, 2.75) is 102 Å². The van der Waals surface area contributed by atoms with Gasteiger partial charge in [-0.1, -0.05) is 38.5 Å². The first-order valence-electron chi connectivity index (χ1n) is 12.2. The summed E-state index contributed by atoms with van der Waals surface area (Å²) in [7, 11) is 1.84. The maximum absolute atomic E-state index is 5.46. The van der Waals surface area contributed by atoms with Gasteiger partial charge < -0.3 is 11.2 Å². The average Bonchev–Trinajstić information content (AvgIpc) is 2.70. The van der Waals surface area contributed by atoms with Crippen LogP contribution in [0.2, 0.25) is 0 Å². The fraction of sp³-hybridized carbons (Fsp3) is 0.885. The maximum Gasteiger partial charge on any atom is 0.0357 e. The average molecular weight is 459 g/mol. The van der Waals surface area contributed by atoms with Crippen LogP contribution in [0, 0.1) is 53.8 Å². The van der Waals surface area contributed by atoms with Gasteiger partial charge in [-0.15, -0.1) is 17.8 Å². The summed E-state index contributed by atoms with van der Waals surface area (Å²) in [6, 6.07) is 0. The third-order valence-corrected chi connectivity index (χ3v) is 8.51. The van der Waals surface area contributed by atoms with Gasteiger partial charge in [0.2, 0.25) is 0 Å². The van der Waals surface area contributed by atoms with Crippen LogP contribution in [-0.2, 0) is 37.4 Å². The molecule has 2 atom stereocenters. The molecule has 4 aliphatic carbocycles. The Balaban J connectivity index is 0.00000225. The van der Waals surface area contributed by atoms with Gasteiger partial charge in [-0.25, -0.2) is 0 Å². The van der Waals surface area contributed by atoms with Crippen molar-refractivity contribution in [1.82, 2.24) is 0 Å². The summed E-state index contributed by atoms with van der Waals surface area (Å²) < 4.78 is 5.46. The van der Waals surface area contributed by atoms with Crippen LogP contribution in [0.25, 0.3) is 0 Å². The zero-order chi connectivity index (χ0) is 18.5. The monoisotopic (exact) mass is 458 g/mol. The van der Waals surface area contributed by atoms with Crippen molar-refractivity contribution in [1.29, 1.82) is 0 Å². The predicted molar refractivity (Wildman–Crippen MR) is 113 cm³/mol. The van der Waals surface area contributed by atoms with E-state index in [1.54, 1.807) is 19.3 Å². The molecule has 1 nitrogen and oxygen atoms in total. The summed E-state index contributed by atoms with van der Waals surface area (Å²) in [6.45, 7) is 0. The van der Waals surface area contributed by atoms with Gasteiger partial charge in [0.25, 0.3) is 0 Å². The van der Waals surface area contributed by atoms with E-state index in [4.69, 9.17) is 4.74 Å². The van der Waals surface area contributed by atoms with Crippen molar-refractivity contribution in [3.05, 3.63) is 6.42 Å². The van der Waals surface area contributed by atoms with E-state index in [0.717, 1.165) is 30.1 Å². The molecule has 28 heavy (non-hydrogen) atoms. The zero-order valence-electron chi connectivity index (χ0n) is 18.2. The Bertz CT molecular complexity index is 492. The molecule has 4 rings (SSSR count). The summed E-state index contributed by atoms with van der Waals surface area (Å²) in [5, 5.41) is 0. The van der Waals surface area contributed by atoms with Crippen LogP contribution in [0.15, 0.2) is 0 Å². The van der Waals surface area contributed by atoms with Gasteiger partial charge in [0.1, 0.15) is 0 Å². The molecule has 0 aromatic rings. The fourth-order valence-corrected chi connectivity index (χ4v) is 6.32. The molecule has 4 aliphatic rings. The van der Waals surface area contributed by atoms with E-state index >= 15 is 0 Å². The molecule has 0 bridgehead atoms. The molecule has 0 heterocycles. The Kier molecular flexibility index (Phi) is 9.87. The van der Waals surface area contributed by atoms with Gasteiger partial charge in [-0.2, -0.15) is 6.42 Å². The Labute approximate surface area is 199 Å². The second-order valence-electron chi connectivity index (χ2n) is 10.2. The van der Waals surface area contributed by atoms with Crippen LogP contribution in [0.4, 0.5) is 0 Å². The fourth-order valence-electron chi connectivity index (χ4n) is 6.32. The number of hydrogen-bond donors (Lipinski definition) is 0. The van der Waals surface area contributed by atoms with Crippen molar-refractivity contribution in [3.8, 4) is 11.8 Å². The summed E-state index contributed by atoms with van der Waals surface area (Å²) in [5.41, 5.74) is 0. The second-order valence-corrected chi connectivity index (χ2v) is 10.2. The molecular formula is C26H41OY-. The van der Waals surface area contributed by atoms with E-state index < -0.39 is 0 Å². The first-order valence-corrected chi connectivity index (χ1v) is 12.2. The van der Waals surface area contributed by atoms with Crippen molar-refractivity contribution in [2.75, 3.05) is 7.11 Å². The first kappa shape index (κ1) is 23.3. The van der Waals surface area contributed by atoms with Gasteiger partial charge in [-0.3, -0.25) is 0 Å². The van der Waals surface area contributed by atoms with Gasteiger partial charge in [0, 0.05) is 51.8 Å². The smallest absolute Gasteiger partial charge is 0.0357 e. The Morgan fingerprint density at radius 3 is 1.93 bits per heavy atom. The van der Waals surface area contributed by atoms with Crippen LogP contribution in [0.3, 0.4) is 0 Å². The molecule has 4 saturated carbocycles. The Morgan fingerprint density at radius 2 is 1.39 bits per heavy atom. The molecular weight excluding hydrogens is 417 g/mol. The molecule has 2 heteroatoms. The summed E-state index contributed by atoms with van der Waals surface area (Å²) in [6.07, 6.45) is 24.3. The number of rotatable bonds is 4. The van der Waals surface area contributed by atoms with Gasteiger partial charge in [-0.05, 0) is 75.0 Å². The van der Waals surface area contributed by atoms with Crippen molar-refractivity contribution in [2.24, 2.45) is 35.5 Å². The number of methoxy groups -OCH3 is 1. The largest absolute Gasteiger partial charge is 0.384 e. The van der Waals surface area contributed by atoms with Gasteiger partial charge in [0.15, 0.2) is 0 Å². The molecule has 2 unspecified atom stereocenters. The van der Waals surface area contributed by atoms with Crippen LogP contribution in [0.1, 0.15) is 96.3 Å². The molecule has 0 spiro atoms. The van der Waals surface area contributed by atoms with Crippen molar-refractivity contribution < 1.29 is 37.4 Å². The SMILES string of the molecule is COC1C[CH-]C(C#CC2CCC(C3CCC(CC4CCC4)CC3)CC2)CC1.[Y]. The summed E-state index contributed by atoms with van der Waals surface area (Å²) in [5.74, 6) is 12.8. The second kappa shape index (κ2) is 11.9. The Hall–Kier alpha value is 0.624. The first-order chi connectivity index (χ1) is 13.3. The molecule has 1 radical (unpaired) electrons. The van der Waals surface area contributed by atoms with E-state index in [0.29, 0.717) is 17.9 Å². The molecule has 155 valence electrons. The predicted octanol–water partition coefficient (Wildman–Crippen LogP) is 6.81. The molecule has 0 amide bonds. The molecule has 0 saturated heterocycles. The summed E-state index contributed by atoms with van der Waals surface area (Å²) >= 11 is 0. The van der Waals surface area contributed by atoms with E-state index in [-0.39, 0.29) is 32.7 Å². The molecule has 0 aromatic heterocycles. The minimum atomic E-state index is 0. The Morgan fingerprint density at radius 1 is 0.750 bits per heavy atom. The third-order valence-electron chi connectivity index (χ3n) is 8.51. The maximum atomic E-state index is 5.46. The van der Waals surface area contributed by atoms with Gasteiger partial charge >= 0.3 is 0 Å². The minimum Gasteiger partial charge on any atom is -0.384 e. The minimum absolute atomic E-state index is 0. The molecule has 0 aliphatic heterocycles. The number of hydrogen-bond acceptors (Lipinski definition) is 1.